The predicted molar refractivity (Wildman–Crippen MR) is 92.8 cm³/mol. The van der Waals surface area contributed by atoms with Crippen molar-refractivity contribution in [2.75, 3.05) is 5.32 Å². The van der Waals surface area contributed by atoms with Gasteiger partial charge in [0.1, 0.15) is 5.82 Å². The summed E-state index contributed by atoms with van der Waals surface area (Å²) in [6.45, 7) is 0.737. The van der Waals surface area contributed by atoms with Crippen LogP contribution in [0, 0.1) is 0 Å². The number of pyridine rings is 1. The molecule has 1 aromatic heterocycles. The zero-order valence-electron chi connectivity index (χ0n) is 11.3. The molecule has 0 atom stereocenters. The van der Waals surface area contributed by atoms with Gasteiger partial charge in [-0.2, -0.15) is 0 Å². The van der Waals surface area contributed by atoms with Gasteiger partial charge in [0, 0.05) is 33.9 Å². The molecule has 0 saturated carbocycles. The summed E-state index contributed by atoms with van der Waals surface area (Å²) in [5.74, 6) is 1.45. The van der Waals surface area contributed by atoms with E-state index in [1.54, 1.807) is 0 Å². The van der Waals surface area contributed by atoms with Crippen molar-refractivity contribution in [3.05, 3.63) is 70.3 Å². The number of benzene rings is 2. The second kappa shape index (κ2) is 6.46. The van der Waals surface area contributed by atoms with Crippen LogP contribution >= 0.6 is 27.5 Å². The maximum Gasteiger partial charge on any atom is 0.134 e. The third-order valence-electron chi connectivity index (χ3n) is 3.39. The minimum Gasteiger partial charge on any atom is -0.365 e. The molecule has 0 aliphatic carbocycles. The van der Waals surface area contributed by atoms with Crippen LogP contribution in [0.1, 0.15) is 11.1 Å². The van der Waals surface area contributed by atoms with E-state index in [9.17, 15) is 0 Å². The monoisotopic (exact) mass is 360 g/mol. The van der Waals surface area contributed by atoms with E-state index in [1.165, 1.54) is 5.56 Å². The number of hydrogen-bond acceptors (Lipinski definition) is 2. The molecular formula is C17H14BrClN2. The predicted octanol–water partition coefficient (Wildman–Crippen LogP) is 5.35. The number of nitrogens with zero attached hydrogens (tertiary/aromatic N) is 1. The Balaban J connectivity index is 1.83. The highest BCUT2D eigenvalue weighted by atomic mass is 79.9. The van der Waals surface area contributed by atoms with E-state index >= 15 is 0 Å². The van der Waals surface area contributed by atoms with Crippen LogP contribution in [0.2, 0.25) is 0 Å². The molecule has 2 nitrogen and oxygen atoms in total. The number of halogens is 2. The fourth-order valence-corrected chi connectivity index (χ4v) is 2.92. The van der Waals surface area contributed by atoms with E-state index in [4.69, 9.17) is 11.6 Å². The molecule has 0 radical (unpaired) electrons. The summed E-state index contributed by atoms with van der Waals surface area (Å²) in [6.07, 6.45) is 1.83. The highest BCUT2D eigenvalue weighted by molar-refractivity contribution is 9.10. The highest BCUT2D eigenvalue weighted by Crippen LogP contribution is 2.27. The SMILES string of the molecule is ClCc1ccc(CNc2nccc3c(Br)cccc23)cc1. The van der Waals surface area contributed by atoms with Crippen molar-refractivity contribution in [2.24, 2.45) is 0 Å². The molecule has 0 unspecified atom stereocenters. The zero-order valence-corrected chi connectivity index (χ0v) is 13.7. The summed E-state index contributed by atoms with van der Waals surface area (Å²) in [7, 11) is 0. The molecule has 0 fully saturated rings. The second-order valence-corrected chi connectivity index (χ2v) is 5.92. The normalized spacial score (nSPS) is 10.8. The molecule has 2 aromatic carbocycles. The number of rotatable bonds is 4. The largest absolute Gasteiger partial charge is 0.365 e. The Bertz CT molecular complexity index is 756. The fraction of sp³-hybridized carbons (Fsp3) is 0.118. The van der Waals surface area contributed by atoms with Crippen LogP contribution in [0.15, 0.2) is 59.2 Å². The minimum absolute atomic E-state index is 0.548. The van der Waals surface area contributed by atoms with Crippen molar-refractivity contribution in [3.8, 4) is 0 Å². The summed E-state index contributed by atoms with van der Waals surface area (Å²) >= 11 is 9.38. The number of hydrogen-bond donors (Lipinski definition) is 1. The maximum atomic E-state index is 5.80. The standard InChI is InChI=1S/C17H14BrClN2/c18-16-3-1-2-15-14(16)8-9-20-17(15)21-11-13-6-4-12(10-19)5-7-13/h1-9H,10-11H2,(H,20,21). The second-order valence-electron chi connectivity index (χ2n) is 4.80. The van der Waals surface area contributed by atoms with Gasteiger partial charge < -0.3 is 5.32 Å². The first-order chi connectivity index (χ1) is 10.3. The first kappa shape index (κ1) is 14.4. The Labute approximate surface area is 137 Å². The molecule has 3 rings (SSSR count). The van der Waals surface area contributed by atoms with E-state index in [1.807, 2.05) is 24.4 Å². The van der Waals surface area contributed by atoms with E-state index in [-0.39, 0.29) is 0 Å². The van der Waals surface area contributed by atoms with Crippen LogP contribution < -0.4 is 5.32 Å². The van der Waals surface area contributed by atoms with Crippen LogP contribution in [0.4, 0.5) is 5.82 Å². The quantitative estimate of drug-likeness (QED) is 0.634. The summed E-state index contributed by atoms with van der Waals surface area (Å²) in [5.41, 5.74) is 2.34. The van der Waals surface area contributed by atoms with Gasteiger partial charge in [0.05, 0.1) is 0 Å². The number of fused-ring (bicyclic) bond motifs is 1. The third kappa shape index (κ3) is 3.20. The highest BCUT2D eigenvalue weighted by Gasteiger charge is 2.04. The van der Waals surface area contributed by atoms with Gasteiger partial charge in [-0.15, -0.1) is 11.6 Å². The van der Waals surface area contributed by atoms with E-state index < -0.39 is 0 Å². The van der Waals surface area contributed by atoms with Crippen molar-refractivity contribution in [2.45, 2.75) is 12.4 Å². The van der Waals surface area contributed by atoms with Crippen LogP contribution in [-0.2, 0) is 12.4 Å². The number of anilines is 1. The molecule has 21 heavy (non-hydrogen) atoms. The Morgan fingerprint density at radius 1 is 0.952 bits per heavy atom. The van der Waals surface area contributed by atoms with Crippen molar-refractivity contribution >= 4 is 44.1 Å². The van der Waals surface area contributed by atoms with Crippen LogP contribution in [0.5, 0.6) is 0 Å². The van der Waals surface area contributed by atoms with Crippen molar-refractivity contribution < 1.29 is 0 Å². The number of alkyl halides is 1. The van der Waals surface area contributed by atoms with Crippen LogP contribution in [-0.4, -0.2) is 4.98 Å². The van der Waals surface area contributed by atoms with Crippen LogP contribution in [0.3, 0.4) is 0 Å². The summed E-state index contributed by atoms with van der Waals surface area (Å²) in [6, 6.07) is 16.4. The lowest BCUT2D eigenvalue weighted by Crippen LogP contribution is -2.02. The molecular weight excluding hydrogens is 348 g/mol. The topological polar surface area (TPSA) is 24.9 Å². The zero-order chi connectivity index (χ0) is 14.7. The van der Waals surface area contributed by atoms with Gasteiger partial charge in [-0.3, -0.25) is 0 Å². The lowest BCUT2D eigenvalue weighted by Gasteiger charge is -2.10. The van der Waals surface area contributed by atoms with Gasteiger partial charge in [0.15, 0.2) is 0 Å². The Hall–Kier alpha value is -1.58. The smallest absolute Gasteiger partial charge is 0.134 e. The van der Waals surface area contributed by atoms with Gasteiger partial charge >= 0.3 is 0 Å². The molecule has 0 amide bonds. The molecule has 106 valence electrons. The van der Waals surface area contributed by atoms with Gasteiger partial charge in [-0.05, 0) is 23.3 Å². The molecule has 0 aliphatic heterocycles. The van der Waals surface area contributed by atoms with Gasteiger partial charge in [0.25, 0.3) is 0 Å². The van der Waals surface area contributed by atoms with Gasteiger partial charge in [-0.1, -0.05) is 52.3 Å². The average molecular weight is 362 g/mol. The molecule has 0 aliphatic rings. The van der Waals surface area contributed by atoms with Crippen LogP contribution in [0.25, 0.3) is 10.8 Å². The Kier molecular flexibility index (Phi) is 4.42. The van der Waals surface area contributed by atoms with Gasteiger partial charge in [-0.25, -0.2) is 4.98 Å². The number of nitrogens with one attached hydrogen (secondary N) is 1. The first-order valence-corrected chi connectivity index (χ1v) is 8.01. The average Bonchev–Trinajstić information content (AvgIpc) is 2.54. The third-order valence-corrected chi connectivity index (χ3v) is 4.39. The molecule has 0 bridgehead atoms. The molecule has 1 heterocycles. The molecule has 4 heteroatoms. The molecule has 1 N–H and O–H groups in total. The summed E-state index contributed by atoms with van der Waals surface area (Å²) < 4.78 is 1.08. The summed E-state index contributed by atoms with van der Waals surface area (Å²) in [5, 5.41) is 5.68. The van der Waals surface area contributed by atoms with Crippen molar-refractivity contribution in [1.29, 1.82) is 0 Å². The first-order valence-electron chi connectivity index (χ1n) is 6.69. The maximum absolute atomic E-state index is 5.80. The van der Waals surface area contributed by atoms with E-state index in [2.05, 4.69) is 56.6 Å². The molecule has 0 saturated heterocycles. The Morgan fingerprint density at radius 3 is 2.48 bits per heavy atom. The molecule has 3 aromatic rings. The van der Waals surface area contributed by atoms with Crippen molar-refractivity contribution in [1.82, 2.24) is 4.98 Å². The molecule has 0 spiro atoms. The lowest BCUT2D eigenvalue weighted by atomic mass is 10.1. The van der Waals surface area contributed by atoms with Gasteiger partial charge in [0.2, 0.25) is 0 Å². The summed E-state index contributed by atoms with van der Waals surface area (Å²) in [4.78, 5) is 4.44. The minimum atomic E-state index is 0.548. The van der Waals surface area contributed by atoms with E-state index in [0.717, 1.165) is 33.2 Å². The fourth-order valence-electron chi connectivity index (χ4n) is 2.24. The number of aromatic nitrogens is 1. The Morgan fingerprint density at radius 2 is 1.71 bits per heavy atom. The van der Waals surface area contributed by atoms with Crippen molar-refractivity contribution in [3.63, 3.8) is 0 Å². The lowest BCUT2D eigenvalue weighted by molar-refractivity contribution is 1.12. The van der Waals surface area contributed by atoms with E-state index in [0.29, 0.717) is 5.88 Å².